The van der Waals surface area contributed by atoms with Crippen LogP contribution >= 0.6 is 15.9 Å². The molecular weight excluding hydrogens is 347 g/mol. The van der Waals surface area contributed by atoms with E-state index in [0.717, 1.165) is 10.0 Å². The third-order valence-electron chi connectivity index (χ3n) is 3.82. The largest absolute Gasteiger partial charge is 0.481 e. The van der Waals surface area contributed by atoms with Crippen LogP contribution in [0.2, 0.25) is 0 Å². The number of alkyl halides is 3. The van der Waals surface area contributed by atoms with Crippen LogP contribution < -0.4 is 4.74 Å². The molecule has 1 aliphatic rings. The third kappa shape index (κ3) is 4.46. The molecular formula is C15H17BrF3NO. The molecule has 0 radical (unpaired) electrons. The lowest BCUT2D eigenvalue weighted by atomic mass is 9.81. The lowest BCUT2D eigenvalue weighted by molar-refractivity contribution is -0.183. The molecule has 116 valence electrons. The molecule has 0 atom stereocenters. The van der Waals surface area contributed by atoms with E-state index in [9.17, 15) is 13.2 Å². The summed E-state index contributed by atoms with van der Waals surface area (Å²) < 4.78 is 43.8. The van der Waals surface area contributed by atoms with E-state index in [1.54, 1.807) is 13.3 Å². The average molecular weight is 364 g/mol. The van der Waals surface area contributed by atoms with Crippen molar-refractivity contribution in [2.24, 2.45) is 11.8 Å². The highest BCUT2D eigenvalue weighted by Crippen LogP contribution is 2.40. The minimum absolute atomic E-state index is 0.187. The predicted molar refractivity (Wildman–Crippen MR) is 79.0 cm³/mol. The first-order valence-electron chi connectivity index (χ1n) is 6.84. The molecule has 0 amide bonds. The standard InChI is InChI=1S/C15H17BrF3NO/c1-21-14-11(8-13(16)9-20-14)5-2-10-3-6-12(7-4-10)15(17,18)19/h2,5,8-10,12H,3-4,6-7H2,1H3/b5-2+. The summed E-state index contributed by atoms with van der Waals surface area (Å²) in [5.41, 5.74) is 0.824. The van der Waals surface area contributed by atoms with E-state index >= 15 is 0 Å². The summed E-state index contributed by atoms with van der Waals surface area (Å²) in [6.07, 6.45) is 3.03. The maximum Gasteiger partial charge on any atom is 0.391 e. The van der Waals surface area contributed by atoms with Crippen LogP contribution in [0.5, 0.6) is 5.88 Å². The van der Waals surface area contributed by atoms with Crippen molar-refractivity contribution in [1.82, 2.24) is 4.98 Å². The van der Waals surface area contributed by atoms with Gasteiger partial charge < -0.3 is 4.74 Å². The van der Waals surface area contributed by atoms with Gasteiger partial charge in [0.2, 0.25) is 5.88 Å². The van der Waals surface area contributed by atoms with Gasteiger partial charge in [-0.2, -0.15) is 13.2 Å². The summed E-state index contributed by atoms with van der Waals surface area (Å²) in [6, 6.07) is 1.88. The number of methoxy groups -OCH3 is 1. The second kappa shape index (κ2) is 6.81. The summed E-state index contributed by atoms with van der Waals surface area (Å²) in [7, 11) is 1.54. The lowest BCUT2D eigenvalue weighted by Gasteiger charge is -2.28. The van der Waals surface area contributed by atoms with Gasteiger partial charge in [0.05, 0.1) is 13.0 Å². The topological polar surface area (TPSA) is 22.1 Å². The molecule has 0 aliphatic heterocycles. The van der Waals surface area contributed by atoms with Crippen molar-refractivity contribution in [2.45, 2.75) is 31.9 Å². The zero-order chi connectivity index (χ0) is 15.5. The van der Waals surface area contributed by atoms with Crippen molar-refractivity contribution in [3.05, 3.63) is 28.4 Å². The molecule has 6 heteroatoms. The molecule has 0 unspecified atom stereocenters. The van der Waals surface area contributed by atoms with E-state index in [0.29, 0.717) is 18.7 Å². The monoisotopic (exact) mass is 363 g/mol. The number of nitrogens with zero attached hydrogens (tertiary/aromatic N) is 1. The van der Waals surface area contributed by atoms with Gasteiger partial charge in [-0.15, -0.1) is 0 Å². The van der Waals surface area contributed by atoms with E-state index in [-0.39, 0.29) is 18.8 Å². The average Bonchev–Trinajstić information content (AvgIpc) is 2.45. The van der Waals surface area contributed by atoms with Crippen molar-refractivity contribution in [1.29, 1.82) is 0 Å². The van der Waals surface area contributed by atoms with Crippen molar-refractivity contribution in [2.75, 3.05) is 7.11 Å². The molecule has 0 aromatic carbocycles. The molecule has 1 saturated carbocycles. The van der Waals surface area contributed by atoms with Crippen LogP contribution in [0, 0.1) is 11.8 Å². The quantitative estimate of drug-likeness (QED) is 0.732. The molecule has 0 bridgehead atoms. The highest BCUT2D eigenvalue weighted by molar-refractivity contribution is 9.10. The molecule has 1 aromatic rings. The lowest BCUT2D eigenvalue weighted by Crippen LogP contribution is -2.27. The zero-order valence-corrected chi connectivity index (χ0v) is 13.2. The number of hydrogen-bond donors (Lipinski definition) is 0. The van der Waals surface area contributed by atoms with Crippen LogP contribution in [0.15, 0.2) is 22.8 Å². The van der Waals surface area contributed by atoms with Gasteiger partial charge in [0, 0.05) is 16.2 Å². The molecule has 2 rings (SSSR count). The Balaban J connectivity index is 1.99. The summed E-state index contributed by atoms with van der Waals surface area (Å²) in [4.78, 5) is 4.14. The minimum atomic E-state index is -4.05. The van der Waals surface area contributed by atoms with Crippen molar-refractivity contribution in [3.8, 4) is 5.88 Å². The number of pyridine rings is 1. The highest BCUT2D eigenvalue weighted by atomic mass is 79.9. The Bertz CT molecular complexity index is 508. The van der Waals surface area contributed by atoms with E-state index in [1.165, 1.54) is 0 Å². The van der Waals surface area contributed by atoms with Crippen LogP contribution in [0.3, 0.4) is 0 Å². The molecule has 1 aliphatic carbocycles. The van der Waals surface area contributed by atoms with Crippen LogP contribution in [0.25, 0.3) is 6.08 Å². The fourth-order valence-corrected chi connectivity index (χ4v) is 2.96. The van der Waals surface area contributed by atoms with E-state index in [1.807, 2.05) is 18.2 Å². The first-order chi connectivity index (χ1) is 9.90. The van der Waals surface area contributed by atoms with Gasteiger partial charge >= 0.3 is 6.18 Å². The van der Waals surface area contributed by atoms with Gasteiger partial charge in [0.15, 0.2) is 0 Å². The second-order valence-electron chi connectivity index (χ2n) is 5.26. The molecule has 0 saturated heterocycles. The Morgan fingerprint density at radius 3 is 2.52 bits per heavy atom. The maximum absolute atomic E-state index is 12.6. The predicted octanol–water partition coefficient (Wildman–Crippen LogP) is 5.23. The number of allylic oxidation sites excluding steroid dienone is 1. The normalized spacial score (nSPS) is 23.5. The van der Waals surface area contributed by atoms with Gasteiger partial charge in [0.25, 0.3) is 0 Å². The number of ether oxygens (including phenoxy) is 1. The van der Waals surface area contributed by atoms with Crippen LogP contribution in [-0.4, -0.2) is 18.3 Å². The van der Waals surface area contributed by atoms with Crippen LogP contribution in [0.4, 0.5) is 13.2 Å². The summed E-state index contributed by atoms with van der Waals surface area (Å²) in [6.45, 7) is 0. The number of halogens is 4. The Kier molecular flexibility index (Phi) is 5.30. The summed E-state index contributed by atoms with van der Waals surface area (Å²) in [5, 5.41) is 0. The van der Waals surface area contributed by atoms with Crippen molar-refractivity contribution >= 4 is 22.0 Å². The van der Waals surface area contributed by atoms with Crippen LogP contribution in [0.1, 0.15) is 31.2 Å². The van der Waals surface area contributed by atoms with Crippen LogP contribution in [-0.2, 0) is 0 Å². The number of hydrogen-bond acceptors (Lipinski definition) is 2. The van der Waals surface area contributed by atoms with Crippen molar-refractivity contribution < 1.29 is 17.9 Å². The Morgan fingerprint density at radius 2 is 1.95 bits per heavy atom. The summed E-state index contributed by atoms with van der Waals surface area (Å²) >= 11 is 3.34. The molecule has 0 spiro atoms. The van der Waals surface area contributed by atoms with Gasteiger partial charge in [-0.1, -0.05) is 12.2 Å². The van der Waals surface area contributed by atoms with E-state index in [2.05, 4.69) is 20.9 Å². The van der Waals surface area contributed by atoms with E-state index in [4.69, 9.17) is 4.74 Å². The first kappa shape index (κ1) is 16.3. The SMILES string of the molecule is COc1ncc(Br)cc1/C=C/C1CCC(C(F)(F)F)CC1. The van der Waals surface area contributed by atoms with Gasteiger partial charge in [-0.25, -0.2) is 4.98 Å². The zero-order valence-electron chi connectivity index (χ0n) is 11.7. The molecule has 21 heavy (non-hydrogen) atoms. The molecule has 1 aromatic heterocycles. The van der Waals surface area contributed by atoms with Crippen molar-refractivity contribution in [3.63, 3.8) is 0 Å². The maximum atomic E-state index is 12.6. The van der Waals surface area contributed by atoms with Gasteiger partial charge in [-0.05, 0) is 53.6 Å². The Morgan fingerprint density at radius 1 is 1.29 bits per heavy atom. The highest BCUT2D eigenvalue weighted by Gasteiger charge is 2.40. The Hall–Kier alpha value is -1.04. The first-order valence-corrected chi connectivity index (χ1v) is 7.64. The Labute approximate surface area is 130 Å². The molecule has 1 heterocycles. The van der Waals surface area contributed by atoms with E-state index < -0.39 is 12.1 Å². The second-order valence-corrected chi connectivity index (χ2v) is 6.18. The summed E-state index contributed by atoms with van der Waals surface area (Å²) in [5.74, 6) is -0.435. The van der Waals surface area contributed by atoms with Gasteiger partial charge in [-0.3, -0.25) is 0 Å². The molecule has 2 nitrogen and oxygen atoms in total. The fourth-order valence-electron chi connectivity index (χ4n) is 2.61. The minimum Gasteiger partial charge on any atom is -0.481 e. The number of aromatic nitrogens is 1. The molecule has 0 N–H and O–H groups in total. The smallest absolute Gasteiger partial charge is 0.391 e. The van der Waals surface area contributed by atoms with Gasteiger partial charge in [0.1, 0.15) is 0 Å². The fraction of sp³-hybridized carbons (Fsp3) is 0.533. The third-order valence-corrected chi connectivity index (χ3v) is 4.26. The molecule has 1 fully saturated rings. The number of rotatable bonds is 3.